The molecule has 6 heteroatoms. The average Bonchev–Trinajstić information content (AvgIpc) is 3.17. The van der Waals surface area contributed by atoms with Gasteiger partial charge in [0.05, 0.1) is 6.61 Å². The molecule has 1 unspecified atom stereocenters. The molecule has 146 valence electrons. The minimum absolute atomic E-state index is 0. The molecular formula is C20H31ClN2O3. The highest BCUT2D eigenvalue weighted by molar-refractivity contribution is 5.98. The molecule has 0 bridgehead atoms. The number of benzene rings is 1. The van der Waals surface area contributed by atoms with E-state index in [4.69, 9.17) is 4.74 Å². The lowest BCUT2D eigenvalue weighted by Crippen LogP contribution is -2.38. The first-order valence-corrected chi connectivity index (χ1v) is 9.34. The highest BCUT2D eigenvalue weighted by atomic mass is 35.5. The summed E-state index contributed by atoms with van der Waals surface area (Å²) in [7, 11) is 1.83. The molecule has 1 N–H and O–H groups in total. The Balaban J connectivity index is 0.00000338. The van der Waals surface area contributed by atoms with Gasteiger partial charge in [-0.2, -0.15) is 0 Å². The molecule has 0 radical (unpaired) electrons. The van der Waals surface area contributed by atoms with Gasteiger partial charge < -0.3 is 15.0 Å². The third-order valence-corrected chi connectivity index (χ3v) is 4.73. The molecule has 1 aliphatic rings. The monoisotopic (exact) mass is 382 g/mol. The number of hydrogen-bond donors (Lipinski definition) is 1. The third-order valence-electron chi connectivity index (χ3n) is 4.73. The second-order valence-electron chi connectivity index (χ2n) is 6.65. The molecule has 1 atom stereocenters. The van der Waals surface area contributed by atoms with Crippen molar-refractivity contribution in [2.45, 2.75) is 51.5 Å². The summed E-state index contributed by atoms with van der Waals surface area (Å²) in [6, 6.07) is 7.49. The number of carbonyl (C=O) groups excluding carboxylic acids is 2. The van der Waals surface area contributed by atoms with Crippen molar-refractivity contribution in [3.63, 3.8) is 0 Å². The van der Waals surface area contributed by atoms with E-state index < -0.39 is 0 Å². The summed E-state index contributed by atoms with van der Waals surface area (Å²) in [5, 5.41) is 3.25. The fourth-order valence-electron chi connectivity index (χ4n) is 2.99. The number of carbonyl (C=O) groups is 2. The number of Topliss-reactive ketones (excluding diaryl/α,β-unsaturated/α-hetero) is 1. The SMILES string of the molecule is CCCCCOc1ccc(C(=O)CCC(=O)N(C)C2CCNC2)cc1.Cl. The van der Waals surface area contributed by atoms with Gasteiger partial charge in [0.25, 0.3) is 0 Å². The maximum absolute atomic E-state index is 12.3. The lowest BCUT2D eigenvalue weighted by molar-refractivity contribution is -0.131. The maximum atomic E-state index is 12.3. The molecule has 0 spiro atoms. The zero-order valence-corrected chi connectivity index (χ0v) is 16.6. The van der Waals surface area contributed by atoms with Crippen LogP contribution in [0.1, 0.15) is 55.8 Å². The molecule has 1 aromatic rings. The Morgan fingerprint density at radius 2 is 1.92 bits per heavy atom. The van der Waals surface area contributed by atoms with Gasteiger partial charge in [0.2, 0.25) is 5.91 Å². The van der Waals surface area contributed by atoms with E-state index in [1.54, 1.807) is 17.0 Å². The largest absolute Gasteiger partial charge is 0.494 e. The first kappa shape index (κ1) is 22.5. The van der Waals surface area contributed by atoms with E-state index in [0.717, 1.165) is 38.1 Å². The Morgan fingerprint density at radius 1 is 1.19 bits per heavy atom. The van der Waals surface area contributed by atoms with Gasteiger partial charge in [0, 0.05) is 38.0 Å². The van der Waals surface area contributed by atoms with Crippen LogP contribution in [-0.4, -0.2) is 49.4 Å². The summed E-state index contributed by atoms with van der Waals surface area (Å²) in [6.45, 7) is 4.66. The van der Waals surface area contributed by atoms with Gasteiger partial charge in [-0.3, -0.25) is 9.59 Å². The quantitative estimate of drug-likeness (QED) is 0.497. The van der Waals surface area contributed by atoms with E-state index in [2.05, 4.69) is 12.2 Å². The van der Waals surface area contributed by atoms with Gasteiger partial charge in [0.1, 0.15) is 5.75 Å². The summed E-state index contributed by atoms with van der Waals surface area (Å²) < 4.78 is 5.65. The number of nitrogens with zero attached hydrogens (tertiary/aromatic N) is 1. The van der Waals surface area contributed by atoms with Crippen LogP contribution >= 0.6 is 12.4 Å². The van der Waals surface area contributed by atoms with E-state index in [1.165, 1.54) is 6.42 Å². The van der Waals surface area contributed by atoms with Crippen molar-refractivity contribution < 1.29 is 14.3 Å². The normalized spacial score (nSPS) is 16.0. The molecule has 0 aromatic heterocycles. The van der Waals surface area contributed by atoms with E-state index in [0.29, 0.717) is 12.2 Å². The number of unbranched alkanes of at least 4 members (excludes halogenated alkanes) is 2. The topological polar surface area (TPSA) is 58.6 Å². The highest BCUT2D eigenvalue weighted by Crippen LogP contribution is 2.15. The van der Waals surface area contributed by atoms with Crippen LogP contribution in [0.4, 0.5) is 0 Å². The van der Waals surface area contributed by atoms with Crippen LogP contribution in [0.2, 0.25) is 0 Å². The van der Waals surface area contributed by atoms with Gasteiger partial charge in [-0.25, -0.2) is 0 Å². The molecule has 0 saturated carbocycles. The van der Waals surface area contributed by atoms with Crippen molar-refractivity contribution in [2.24, 2.45) is 0 Å². The predicted octanol–water partition coefficient (Wildman–Crippen LogP) is 3.46. The van der Waals surface area contributed by atoms with E-state index >= 15 is 0 Å². The summed E-state index contributed by atoms with van der Waals surface area (Å²) >= 11 is 0. The zero-order chi connectivity index (χ0) is 18.1. The molecule has 1 aliphatic heterocycles. The number of halogens is 1. The van der Waals surface area contributed by atoms with Crippen molar-refractivity contribution in [3.8, 4) is 5.75 Å². The van der Waals surface area contributed by atoms with Crippen molar-refractivity contribution in [1.29, 1.82) is 0 Å². The summed E-state index contributed by atoms with van der Waals surface area (Å²) in [5.74, 6) is 0.832. The smallest absolute Gasteiger partial charge is 0.223 e. The number of hydrogen-bond acceptors (Lipinski definition) is 4. The van der Waals surface area contributed by atoms with E-state index in [1.807, 2.05) is 19.2 Å². The maximum Gasteiger partial charge on any atom is 0.223 e. The van der Waals surface area contributed by atoms with Crippen molar-refractivity contribution >= 4 is 24.1 Å². The number of rotatable bonds is 10. The summed E-state index contributed by atoms with van der Waals surface area (Å²) in [4.78, 5) is 26.3. The van der Waals surface area contributed by atoms with Crippen LogP contribution < -0.4 is 10.1 Å². The number of nitrogens with one attached hydrogen (secondary N) is 1. The Bertz CT molecular complexity index is 557. The number of ether oxygens (including phenoxy) is 1. The molecule has 1 fully saturated rings. The van der Waals surface area contributed by atoms with Crippen LogP contribution in [0.5, 0.6) is 5.75 Å². The van der Waals surface area contributed by atoms with Crippen LogP contribution in [0.15, 0.2) is 24.3 Å². The Labute approximate surface area is 162 Å². The number of ketones is 1. The van der Waals surface area contributed by atoms with Gasteiger partial charge in [-0.05, 0) is 43.7 Å². The lowest BCUT2D eigenvalue weighted by Gasteiger charge is -2.23. The van der Waals surface area contributed by atoms with Crippen molar-refractivity contribution in [1.82, 2.24) is 10.2 Å². The molecule has 1 heterocycles. The van der Waals surface area contributed by atoms with Gasteiger partial charge >= 0.3 is 0 Å². The predicted molar refractivity (Wildman–Crippen MR) is 106 cm³/mol. The van der Waals surface area contributed by atoms with Crippen molar-refractivity contribution in [2.75, 3.05) is 26.7 Å². The van der Waals surface area contributed by atoms with E-state index in [-0.39, 0.29) is 43.0 Å². The molecule has 1 saturated heterocycles. The third kappa shape index (κ3) is 6.96. The van der Waals surface area contributed by atoms with Gasteiger partial charge in [0.15, 0.2) is 5.78 Å². The fourth-order valence-corrected chi connectivity index (χ4v) is 2.99. The van der Waals surface area contributed by atoms with Gasteiger partial charge in [-0.1, -0.05) is 19.8 Å². The fraction of sp³-hybridized carbons (Fsp3) is 0.600. The molecule has 5 nitrogen and oxygen atoms in total. The van der Waals surface area contributed by atoms with Crippen LogP contribution in [0.25, 0.3) is 0 Å². The average molecular weight is 383 g/mol. The second kappa shape index (κ2) is 11.9. The Kier molecular flexibility index (Phi) is 10.3. The standard InChI is InChI=1S/C20H30N2O3.ClH/c1-3-4-5-14-25-18-8-6-16(7-9-18)19(23)10-11-20(24)22(2)17-12-13-21-15-17;/h6-9,17,21H,3-5,10-15H2,1-2H3;1H. The first-order chi connectivity index (χ1) is 12.1. The van der Waals surface area contributed by atoms with Crippen LogP contribution in [0.3, 0.4) is 0 Å². The second-order valence-corrected chi connectivity index (χ2v) is 6.65. The number of likely N-dealkylation sites (N-methyl/N-ethyl adjacent to an activating group) is 1. The van der Waals surface area contributed by atoms with Crippen molar-refractivity contribution in [3.05, 3.63) is 29.8 Å². The molecular weight excluding hydrogens is 352 g/mol. The molecule has 1 amide bonds. The number of amides is 1. The zero-order valence-electron chi connectivity index (χ0n) is 15.8. The first-order valence-electron chi connectivity index (χ1n) is 9.34. The Hall–Kier alpha value is -1.59. The lowest BCUT2D eigenvalue weighted by atomic mass is 10.1. The summed E-state index contributed by atoms with van der Waals surface area (Å²) in [6.07, 6.45) is 4.87. The summed E-state index contributed by atoms with van der Waals surface area (Å²) in [5.41, 5.74) is 0.638. The minimum atomic E-state index is 0. The molecule has 1 aromatic carbocycles. The van der Waals surface area contributed by atoms with Gasteiger partial charge in [-0.15, -0.1) is 12.4 Å². The minimum Gasteiger partial charge on any atom is -0.494 e. The molecule has 0 aliphatic carbocycles. The van der Waals surface area contributed by atoms with Crippen LogP contribution in [0, 0.1) is 0 Å². The molecule has 26 heavy (non-hydrogen) atoms. The molecule has 2 rings (SSSR count). The Morgan fingerprint density at radius 3 is 2.54 bits per heavy atom. The highest BCUT2D eigenvalue weighted by Gasteiger charge is 2.23. The van der Waals surface area contributed by atoms with Crippen LogP contribution in [-0.2, 0) is 4.79 Å². The van der Waals surface area contributed by atoms with E-state index in [9.17, 15) is 9.59 Å².